The molecule has 0 spiro atoms. The van der Waals surface area contributed by atoms with E-state index in [0.29, 0.717) is 5.56 Å². The second kappa shape index (κ2) is 7.89. The lowest BCUT2D eigenvalue weighted by Gasteiger charge is -2.21. The van der Waals surface area contributed by atoms with Gasteiger partial charge in [0.2, 0.25) is 5.91 Å². The summed E-state index contributed by atoms with van der Waals surface area (Å²) in [5, 5.41) is 2.76. The lowest BCUT2D eigenvalue weighted by atomic mass is 9.89. The molecule has 0 atom stereocenters. The summed E-state index contributed by atoms with van der Waals surface area (Å²) in [5.74, 6) is -0.332. The van der Waals surface area contributed by atoms with E-state index in [2.05, 4.69) is 16.2 Å². The molecule has 2 amide bonds. The molecule has 1 aliphatic rings. The molecule has 0 unspecified atom stereocenters. The molecule has 0 bridgehead atoms. The molecule has 1 saturated carbocycles. The summed E-state index contributed by atoms with van der Waals surface area (Å²) >= 11 is 5.04. The van der Waals surface area contributed by atoms with Gasteiger partial charge < -0.3 is 5.32 Å². The summed E-state index contributed by atoms with van der Waals surface area (Å²) in [7, 11) is 0. The van der Waals surface area contributed by atoms with Crippen LogP contribution in [0.1, 0.15) is 48.0 Å². The normalized spacial score (nSPS) is 15.0. The number of carbonyl (C=O) groups excluding carboxylic acids is 2. The number of amides is 2. The third-order valence-corrected chi connectivity index (χ3v) is 3.99. The number of aryl methyl sites for hydroxylation is 1. The van der Waals surface area contributed by atoms with Crippen molar-refractivity contribution in [1.29, 1.82) is 0 Å². The molecule has 0 aromatic heterocycles. The highest BCUT2D eigenvalue weighted by Gasteiger charge is 2.21. The fourth-order valence-corrected chi connectivity index (χ4v) is 2.73. The number of rotatable bonds is 2. The smallest absolute Gasteiger partial charge is 0.269 e. The number of carbonyl (C=O) groups is 2. The predicted octanol–water partition coefficient (Wildman–Crippen LogP) is 2.21. The Morgan fingerprint density at radius 3 is 2.55 bits per heavy atom. The molecular formula is C16H21N3O2S. The topological polar surface area (TPSA) is 70.2 Å². The van der Waals surface area contributed by atoms with E-state index >= 15 is 0 Å². The first-order valence-corrected chi connectivity index (χ1v) is 7.95. The van der Waals surface area contributed by atoms with Gasteiger partial charge in [0, 0.05) is 11.5 Å². The van der Waals surface area contributed by atoms with Crippen LogP contribution in [0.15, 0.2) is 24.3 Å². The highest BCUT2D eigenvalue weighted by atomic mass is 32.1. The summed E-state index contributed by atoms with van der Waals surface area (Å²) in [6, 6.07) is 7.22. The van der Waals surface area contributed by atoms with Crippen LogP contribution in [-0.2, 0) is 4.79 Å². The molecule has 1 aliphatic carbocycles. The van der Waals surface area contributed by atoms with E-state index in [-0.39, 0.29) is 22.8 Å². The highest BCUT2D eigenvalue weighted by molar-refractivity contribution is 7.80. The maximum absolute atomic E-state index is 12.0. The van der Waals surface area contributed by atoms with Gasteiger partial charge in [-0.05, 0) is 44.1 Å². The molecule has 22 heavy (non-hydrogen) atoms. The van der Waals surface area contributed by atoms with Crippen LogP contribution < -0.4 is 16.2 Å². The molecule has 5 nitrogen and oxygen atoms in total. The first kappa shape index (κ1) is 16.4. The van der Waals surface area contributed by atoms with Crippen molar-refractivity contribution < 1.29 is 9.59 Å². The second-order valence-electron chi connectivity index (χ2n) is 5.60. The SMILES string of the molecule is Cc1cccc(C(=O)NNC(=S)NC(=O)C2CCCCC2)c1. The van der Waals surface area contributed by atoms with Gasteiger partial charge in [-0.25, -0.2) is 0 Å². The molecule has 0 radical (unpaired) electrons. The van der Waals surface area contributed by atoms with E-state index in [9.17, 15) is 9.59 Å². The Balaban J connectivity index is 1.77. The van der Waals surface area contributed by atoms with Crippen molar-refractivity contribution >= 4 is 29.1 Å². The van der Waals surface area contributed by atoms with Crippen LogP contribution >= 0.6 is 12.2 Å². The largest absolute Gasteiger partial charge is 0.302 e. The van der Waals surface area contributed by atoms with E-state index in [1.54, 1.807) is 12.1 Å². The van der Waals surface area contributed by atoms with Gasteiger partial charge in [0.05, 0.1) is 0 Å². The van der Waals surface area contributed by atoms with Gasteiger partial charge in [-0.1, -0.05) is 37.0 Å². The first-order valence-electron chi connectivity index (χ1n) is 7.54. The minimum Gasteiger partial charge on any atom is -0.302 e. The van der Waals surface area contributed by atoms with E-state index in [4.69, 9.17) is 12.2 Å². The van der Waals surface area contributed by atoms with Crippen molar-refractivity contribution in [3.05, 3.63) is 35.4 Å². The van der Waals surface area contributed by atoms with Crippen LogP contribution in [0, 0.1) is 12.8 Å². The quantitative estimate of drug-likeness (QED) is 0.577. The lowest BCUT2D eigenvalue weighted by molar-refractivity contribution is -0.124. The van der Waals surface area contributed by atoms with Crippen LogP contribution in [0.4, 0.5) is 0 Å². The molecule has 0 aliphatic heterocycles. The molecule has 1 aromatic carbocycles. The third-order valence-electron chi connectivity index (χ3n) is 3.78. The Kier molecular flexibility index (Phi) is 5.89. The zero-order valence-electron chi connectivity index (χ0n) is 12.6. The highest BCUT2D eigenvalue weighted by Crippen LogP contribution is 2.23. The number of hydrazine groups is 1. The van der Waals surface area contributed by atoms with Crippen molar-refractivity contribution in [3.8, 4) is 0 Å². The van der Waals surface area contributed by atoms with Crippen LogP contribution in [-0.4, -0.2) is 16.9 Å². The molecule has 118 valence electrons. The van der Waals surface area contributed by atoms with Gasteiger partial charge in [0.1, 0.15) is 0 Å². The van der Waals surface area contributed by atoms with Crippen molar-refractivity contribution in [3.63, 3.8) is 0 Å². The van der Waals surface area contributed by atoms with Crippen molar-refractivity contribution in [2.75, 3.05) is 0 Å². The van der Waals surface area contributed by atoms with Gasteiger partial charge >= 0.3 is 0 Å². The monoisotopic (exact) mass is 319 g/mol. The van der Waals surface area contributed by atoms with E-state index in [1.165, 1.54) is 6.42 Å². The maximum Gasteiger partial charge on any atom is 0.269 e. The van der Waals surface area contributed by atoms with Crippen LogP contribution in [0.5, 0.6) is 0 Å². The molecular weight excluding hydrogens is 298 g/mol. The van der Waals surface area contributed by atoms with Gasteiger partial charge in [0.15, 0.2) is 5.11 Å². The summed E-state index contributed by atoms with van der Waals surface area (Å²) in [6.45, 7) is 1.92. The van der Waals surface area contributed by atoms with Gasteiger partial charge in [0.25, 0.3) is 5.91 Å². The number of nitrogens with one attached hydrogen (secondary N) is 3. The molecule has 1 aromatic rings. The summed E-state index contributed by atoms with van der Waals surface area (Å²) in [4.78, 5) is 24.0. The van der Waals surface area contributed by atoms with Gasteiger partial charge in [-0.3, -0.25) is 20.4 Å². The minimum atomic E-state index is -0.294. The number of benzene rings is 1. The average molecular weight is 319 g/mol. The summed E-state index contributed by atoms with van der Waals surface area (Å²) in [5.41, 5.74) is 6.60. The fraction of sp³-hybridized carbons (Fsp3) is 0.438. The Labute approximate surface area is 135 Å². The third kappa shape index (κ3) is 4.80. The Morgan fingerprint density at radius 1 is 1.14 bits per heavy atom. The number of thiocarbonyl (C=S) groups is 1. The van der Waals surface area contributed by atoms with Gasteiger partial charge in [-0.15, -0.1) is 0 Å². The van der Waals surface area contributed by atoms with Crippen molar-refractivity contribution in [2.45, 2.75) is 39.0 Å². The Hall–Kier alpha value is -1.95. The minimum absolute atomic E-state index is 0.0287. The fourth-order valence-electron chi connectivity index (χ4n) is 2.58. The molecule has 3 N–H and O–H groups in total. The Bertz CT molecular complexity index is 568. The van der Waals surface area contributed by atoms with Crippen molar-refractivity contribution in [2.24, 2.45) is 5.92 Å². The van der Waals surface area contributed by atoms with Gasteiger partial charge in [-0.2, -0.15) is 0 Å². The summed E-state index contributed by atoms with van der Waals surface area (Å²) < 4.78 is 0. The Morgan fingerprint density at radius 2 is 1.86 bits per heavy atom. The predicted molar refractivity (Wildman–Crippen MR) is 89.1 cm³/mol. The first-order chi connectivity index (χ1) is 10.6. The zero-order valence-corrected chi connectivity index (χ0v) is 13.5. The lowest BCUT2D eigenvalue weighted by Crippen LogP contribution is -2.49. The average Bonchev–Trinajstić information content (AvgIpc) is 2.53. The molecule has 6 heteroatoms. The molecule has 0 saturated heterocycles. The molecule has 1 fully saturated rings. The van der Waals surface area contributed by atoms with Crippen molar-refractivity contribution in [1.82, 2.24) is 16.2 Å². The standard InChI is InChI=1S/C16H21N3O2S/c1-11-6-5-9-13(10-11)15(21)18-19-16(22)17-14(20)12-7-3-2-4-8-12/h5-6,9-10,12H,2-4,7-8H2,1H3,(H,18,21)(H2,17,19,20,22). The van der Waals surface area contributed by atoms with Crippen LogP contribution in [0.25, 0.3) is 0 Å². The number of hydrogen-bond acceptors (Lipinski definition) is 3. The summed E-state index contributed by atoms with van der Waals surface area (Å²) in [6.07, 6.45) is 5.18. The van der Waals surface area contributed by atoms with Crippen LogP contribution in [0.2, 0.25) is 0 Å². The van der Waals surface area contributed by atoms with Crippen LogP contribution in [0.3, 0.4) is 0 Å². The number of hydrogen-bond donors (Lipinski definition) is 3. The van der Waals surface area contributed by atoms with E-state index < -0.39 is 0 Å². The zero-order chi connectivity index (χ0) is 15.9. The van der Waals surface area contributed by atoms with E-state index in [0.717, 1.165) is 31.2 Å². The second-order valence-corrected chi connectivity index (χ2v) is 6.01. The van der Waals surface area contributed by atoms with E-state index in [1.807, 2.05) is 19.1 Å². The molecule has 2 rings (SSSR count). The maximum atomic E-state index is 12.0. The molecule has 0 heterocycles.